The molecule has 2 rings (SSSR count). The van der Waals surface area contributed by atoms with Crippen molar-refractivity contribution in [2.75, 3.05) is 7.11 Å². The Balaban J connectivity index is 2.22. The van der Waals surface area contributed by atoms with Crippen LogP contribution < -0.4 is 0 Å². The Morgan fingerprint density at radius 3 is 2.83 bits per heavy atom. The predicted molar refractivity (Wildman–Crippen MR) is 65.6 cm³/mol. The van der Waals surface area contributed by atoms with Crippen LogP contribution in [0.25, 0.3) is 0 Å². The number of nitrogens with zero attached hydrogens (tertiary/aromatic N) is 1. The summed E-state index contributed by atoms with van der Waals surface area (Å²) in [5, 5.41) is 10.7. The number of methoxy groups -OCH3 is 1. The average Bonchev–Trinajstić information content (AvgIpc) is 2.81. The first kappa shape index (κ1) is 13.1. The van der Waals surface area contributed by atoms with Gasteiger partial charge in [0, 0.05) is 0 Å². The first-order valence-corrected chi connectivity index (χ1v) is 6.18. The zero-order chi connectivity index (χ0) is 13.4. The molecule has 5 heteroatoms. The molecule has 1 unspecified atom stereocenters. The van der Waals surface area contributed by atoms with Crippen molar-refractivity contribution in [3.63, 3.8) is 0 Å². The number of H-pyrrole nitrogens is 1. The van der Waals surface area contributed by atoms with Gasteiger partial charge in [0.15, 0.2) is 0 Å². The molecule has 100 valence electrons. The van der Waals surface area contributed by atoms with Crippen LogP contribution in [0, 0.1) is 11.3 Å². The van der Waals surface area contributed by atoms with E-state index in [-0.39, 0.29) is 17.3 Å². The van der Waals surface area contributed by atoms with Crippen molar-refractivity contribution in [3.05, 3.63) is 18.2 Å². The van der Waals surface area contributed by atoms with Gasteiger partial charge in [0.1, 0.15) is 5.60 Å². The highest BCUT2D eigenvalue weighted by molar-refractivity contribution is 5.73. The Morgan fingerprint density at radius 2 is 2.33 bits per heavy atom. The van der Waals surface area contributed by atoms with Crippen molar-refractivity contribution in [1.82, 2.24) is 9.97 Å². The molecule has 0 spiro atoms. The van der Waals surface area contributed by atoms with E-state index < -0.39 is 5.60 Å². The van der Waals surface area contributed by atoms with Crippen molar-refractivity contribution in [1.29, 1.82) is 0 Å². The van der Waals surface area contributed by atoms with E-state index in [1.807, 2.05) is 13.8 Å². The summed E-state index contributed by atoms with van der Waals surface area (Å²) in [7, 11) is 1.41. The minimum Gasteiger partial charge on any atom is -0.469 e. The molecule has 0 aliphatic heterocycles. The Kier molecular flexibility index (Phi) is 3.19. The number of ether oxygens (including phenoxy) is 1. The third-order valence-electron chi connectivity index (χ3n) is 4.02. The maximum Gasteiger partial charge on any atom is 0.309 e. The SMILES string of the molecule is COC(=O)C1CC[C@@](O)(c2cnc[nH]2)CC1(C)C. The minimum absolute atomic E-state index is 0.161. The molecule has 2 N–H and O–H groups in total. The molecule has 0 bridgehead atoms. The molecule has 1 fully saturated rings. The Morgan fingerprint density at radius 1 is 1.61 bits per heavy atom. The molecule has 18 heavy (non-hydrogen) atoms. The highest BCUT2D eigenvalue weighted by atomic mass is 16.5. The van der Waals surface area contributed by atoms with Crippen LogP contribution >= 0.6 is 0 Å². The second kappa shape index (κ2) is 4.39. The first-order valence-electron chi connectivity index (χ1n) is 6.18. The van der Waals surface area contributed by atoms with E-state index in [0.717, 1.165) is 5.69 Å². The van der Waals surface area contributed by atoms with Gasteiger partial charge in [-0.3, -0.25) is 4.79 Å². The predicted octanol–water partition coefficient (Wildman–Crippen LogP) is 1.60. The first-order chi connectivity index (χ1) is 8.39. The van der Waals surface area contributed by atoms with Gasteiger partial charge in [0.25, 0.3) is 0 Å². The smallest absolute Gasteiger partial charge is 0.309 e. The number of aliphatic hydroxyl groups is 1. The summed E-state index contributed by atoms with van der Waals surface area (Å²) in [6.07, 6.45) is 4.89. The molecule has 1 aliphatic carbocycles. The summed E-state index contributed by atoms with van der Waals surface area (Å²) >= 11 is 0. The van der Waals surface area contributed by atoms with Gasteiger partial charge in [0.2, 0.25) is 0 Å². The van der Waals surface area contributed by atoms with Gasteiger partial charge in [-0.05, 0) is 24.7 Å². The van der Waals surface area contributed by atoms with E-state index in [1.54, 1.807) is 12.5 Å². The Labute approximate surface area is 107 Å². The van der Waals surface area contributed by atoms with Crippen LogP contribution in [-0.2, 0) is 15.1 Å². The Hall–Kier alpha value is -1.36. The topological polar surface area (TPSA) is 75.2 Å². The normalized spacial score (nSPS) is 31.0. The number of nitrogens with one attached hydrogen (secondary N) is 1. The number of aromatic nitrogens is 2. The van der Waals surface area contributed by atoms with Crippen molar-refractivity contribution >= 4 is 5.97 Å². The van der Waals surface area contributed by atoms with Gasteiger partial charge in [-0.15, -0.1) is 0 Å². The van der Waals surface area contributed by atoms with Crippen molar-refractivity contribution in [3.8, 4) is 0 Å². The van der Waals surface area contributed by atoms with E-state index in [9.17, 15) is 9.90 Å². The lowest BCUT2D eigenvalue weighted by atomic mass is 9.62. The number of carbonyl (C=O) groups excluding carboxylic acids is 1. The molecule has 0 aromatic carbocycles. The molecule has 1 heterocycles. The summed E-state index contributed by atoms with van der Waals surface area (Å²) in [5.74, 6) is -0.350. The van der Waals surface area contributed by atoms with Crippen LogP contribution in [0.4, 0.5) is 0 Å². The lowest BCUT2D eigenvalue weighted by Gasteiger charge is -2.45. The van der Waals surface area contributed by atoms with Crippen LogP contribution in [0.1, 0.15) is 38.8 Å². The molecule has 0 radical (unpaired) electrons. The van der Waals surface area contributed by atoms with Crippen LogP contribution in [0.3, 0.4) is 0 Å². The second-order valence-electron chi connectivity index (χ2n) is 5.78. The number of rotatable bonds is 2. The quantitative estimate of drug-likeness (QED) is 0.784. The van der Waals surface area contributed by atoms with E-state index in [1.165, 1.54) is 7.11 Å². The highest BCUT2D eigenvalue weighted by Gasteiger charge is 2.48. The molecule has 1 aliphatic rings. The molecular weight excluding hydrogens is 232 g/mol. The van der Waals surface area contributed by atoms with Crippen LogP contribution in [0.15, 0.2) is 12.5 Å². The van der Waals surface area contributed by atoms with E-state index >= 15 is 0 Å². The molecule has 1 aromatic heterocycles. The van der Waals surface area contributed by atoms with Crippen LogP contribution in [0.2, 0.25) is 0 Å². The molecule has 5 nitrogen and oxygen atoms in total. The number of hydrogen-bond acceptors (Lipinski definition) is 4. The second-order valence-corrected chi connectivity index (χ2v) is 5.78. The third kappa shape index (κ3) is 2.14. The van der Waals surface area contributed by atoms with Gasteiger partial charge in [0.05, 0.1) is 31.2 Å². The number of hydrogen-bond donors (Lipinski definition) is 2. The Bertz CT molecular complexity index is 427. The summed E-state index contributed by atoms with van der Waals surface area (Å²) in [6.45, 7) is 3.99. The van der Waals surface area contributed by atoms with Gasteiger partial charge in [-0.25, -0.2) is 4.98 Å². The molecule has 1 saturated carbocycles. The third-order valence-corrected chi connectivity index (χ3v) is 4.02. The van der Waals surface area contributed by atoms with Gasteiger partial charge < -0.3 is 14.8 Å². The number of aromatic amines is 1. The van der Waals surface area contributed by atoms with Crippen LogP contribution in [0.5, 0.6) is 0 Å². The lowest BCUT2D eigenvalue weighted by Crippen LogP contribution is -2.45. The number of esters is 1. The zero-order valence-electron chi connectivity index (χ0n) is 11.1. The standard InChI is InChI=1S/C13H20N2O3/c1-12(2)7-13(17,10-6-14-8-15-10)5-4-9(12)11(16)18-3/h6,8-9,17H,4-5,7H2,1-3H3,(H,14,15)/t9?,13-/m0/s1. The summed E-state index contributed by atoms with van der Waals surface area (Å²) in [5.41, 5.74) is -0.505. The molecule has 0 saturated heterocycles. The van der Waals surface area contributed by atoms with Gasteiger partial charge in [-0.2, -0.15) is 0 Å². The van der Waals surface area contributed by atoms with Crippen molar-refractivity contribution < 1.29 is 14.6 Å². The zero-order valence-corrected chi connectivity index (χ0v) is 11.1. The van der Waals surface area contributed by atoms with Crippen molar-refractivity contribution in [2.45, 2.75) is 38.7 Å². The fourth-order valence-electron chi connectivity index (χ4n) is 3.06. The highest BCUT2D eigenvalue weighted by Crippen LogP contribution is 2.49. The van der Waals surface area contributed by atoms with E-state index in [0.29, 0.717) is 19.3 Å². The fourth-order valence-corrected chi connectivity index (χ4v) is 3.06. The monoisotopic (exact) mass is 252 g/mol. The van der Waals surface area contributed by atoms with Gasteiger partial charge in [-0.1, -0.05) is 13.8 Å². The maximum absolute atomic E-state index is 11.8. The minimum atomic E-state index is -0.926. The molecule has 1 aromatic rings. The van der Waals surface area contributed by atoms with E-state index in [4.69, 9.17) is 4.74 Å². The van der Waals surface area contributed by atoms with Gasteiger partial charge >= 0.3 is 5.97 Å². The maximum atomic E-state index is 11.8. The lowest BCUT2D eigenvalue weighted by molar-refractivity contribution is -0.158. The number of imidazole rings is 1. The molecule has 0 amide bonds. The summed E-state index contributed by atoms with van der Waals surface area (Å²) in [6, 6.07) is 0. The van der Waals surface area contributed by atoms with Crippen molar-refractivity contribution in [2.24, 2.45) is 11.3 Å². The largest absolute Gasteiger partial charge is 0.469 e. The summed E-state index contributed by atoms with van der Waals surface area (Å²) < 4.78 is 4.84. The van der Waals surface area contributed by atoms with E-state index in [2.05, 4.69) is 9.97 Å². The summed E-state index contributed by atoms with van der Waals surface area (Å²) in [4.78, 5) is 18.7. The number of carbonyl (C=O) groups is 1. The molecule has 2 atom stereocenters. The fraction of sp³-hybridized carbons (Fsp3) is 0.692. The average molecular weight is 252 g/mol. The van der Waals surface area contributed by atoms with Crippen LogP contribution in [-0.4, -0.2) is 28.2 Å². The molecular formula is C13H20N2O3.